The molecule has 6 heteroatoms. The Morgan fingerprint density at radius 3 is 2.96 bits per heavy atom. The number of hydrogen-bond donors (Lipinski definition) is 1. The van der Waals surface area contributed by atoms with Gasteiger partial charge in [-0.25, -0.2) is 0 Å². The third kappa shape index (κ3) is 4.54. The van der Waals surface area contributed by atoms with Crippen LogP contribution in [0.1, 0.15) is 30.1 Å². The number of rotatable bonds is 5. The summed E-state index contributed by atoms with van der Waals surface area (Å²) in [4.78, 5) is 15.9. The molecule has 4 nitrogen and oxygen atoms in total. The molecule has 2 aliphatic heterocycles. The number of nitrogens with zero attached hydrogens (tertiary/aromatic N) is 1. The van der Waals surface area contributed by atoms with Crippen LogP contribution in [-0.4, -0.2) is 42.2 Å². The van der Waals surface area contributed by atoms with Crippen LogP contribution in [0.3, 0.4) is 0 Å². The first kappa shape index (κ1) is 19.8. The molecule has 1 saturated heterocycles. The van der Waals surface area contributed by atoms with Crippen LogP contribution in [0.5, 0.6) is 0 Å². The summed E-state index contributed by atoms with van der Waals surface area (Å²) in [6.45, 7) is 2.92. The summed E-state index contributed by atoms with van der Waals surface area (Å²) in [7, 11) is 0. The number of carboxylic acid groups (broad SMARTS) is 1. The van der Waals surface area contributed by atoms with Crippen LogP contribution < -0.4 is 0 Å². The average molecular weight is 418 g/mol. The summed E-state index contributed by atoms with van der Waals surface area (Å²) in [6.07, 6.45) is 2.48. The van der Waals surface area contributed by atoms with Gasteiger partial charge in [0, 0.05) is 34.3 Å². The Hall–Kier alpha value is -1.53. The Morgan fingerprint density at radius 2 is 2.11 bits per heavy atom. The quantitative estimate of drug-likeness (QED) is 0.749. The van der Waals surface area contributed by atoms with E-state index in [2.05, 4.69) is 35.2 Å². The third-order valence-electron chi connectivity index (χ3n) is 5.49. The second kappa shape index (κ2) is 8.87. The molecule has 0 amide bonds. The lowest BCUT2D eigenvalue weighted by Gasteiger charge is -2.31. The Morgan fingerprint density at radius 1 is 1.25 bits per heavy atom. The molecule has 0 aromatic heterocycles. The van der Waals surface area contributed by atoms with E-state index in [0.717, 1.165) is 37.4 Å². The molecule has 0 spiro atoms. The molecule has 1 fully saturated rings. The van der Waals surface area contributed by atoms with Crippen molar-refractivity contribution in [3.05, 3.63) is 58.6 Å². The van der Waals surface area contributed by atoms with Crippen molar-refractivity contribution in [2.24, 2.45) is 5.92 Å². The number of ether oxygens (including phenoxy) is 1. The van der Waals surface area contributed by atoms with Crippen LogP contribution in [0.25, 0.3) is 0 Å². The van der Waals surface area contributed by atoms with Crippen molar-refractivity contribution in [1.82, 2.24) is 4.90 Å². The highest BCUT2D eigenvalue weighted by Gasteiger charge is 2.26. The van der Waals surface area contributed by atoms with Gasteiger partial charge in [-0.1, -0.05) is 41.6 Å². The summed E-state index contributed by atoms with van der Waals surface area (Å²) in [6, 6.07) is 14.5. The van der Waals surface area contributed by atoms with Crippen LogP contribution >= 0.6 is 23.4 Å². The Bertz CT molecular complexity index is 859. The fourth-order valence-electron chi connectivity index (χ4n) is 4.01. The topological polar surface area (TPSA) is 49.8 Å². The van der Waals surface area contributed by atoms with Crippen molar-refractivity contribution in [2.45, 2.75) is 35.2 Å². The van der Waals surface area contributed by atoms with Gasteiger partial charge in [-0.05, 0) is 54.8 Å². The molecule has 28 heavy (non-hydrogen) atoms. The van der Waals surface area contributed by atoms with Crippen LogP contribution in [-0.2, 0) is 16.0 Å². The molecule has 2 atom stereocenters. The number of aliphatic carboxylic acids is 1. The average Bonchev–Trinajstić information content (AvgIpc) is 2.84. The number of likely N-dealkylation sites (tertiary alicyclic amines) is 1. The molecular formula is C22H24ClNO3S. The van der Waals surface area contributed by atoms with E-state index in [1.54, 1.807) is 11.8 Å². The first-order valence-corrected chi connectivity index (χ1v) is 10.9. The molecule has 148 valence electrons. The van der Waals surface area contributed by atoms with E-state index < -0.39 is 5.97 Å². The molecule has 2 aromatic carbocycles. The van der Waals surface area contributed by atoms with Crippen LogP contribution in [0.2, 0.25) is 5.02 Å². The van der Waals surface area contributed by atoms with Crippen LogP contribution in [0.15, 0.2) is 52.3 Å². The Kier molecular flexibility index (Phi) is 6.26. The fraction of sp³-hybridized carbons (Fsp3) is 0.409. The molecule has 2 aromatic rings. The van der Waals surface area contributed by atoms with Crippen molar-refractivity contribution < 1.29 is 14.6 Å². The predicted molar refractivity (Wildman–Crippen MR) is 111 cm³/mol. The number of benzene rings is 2. The number of hydrogen-bond acceptors (Lipinski definition) is 4. The fourth-order valence-corrected chi connectivity index (χ4v) is 5.31. The van der Waals surface area contributed by atoms with Gasteiger partial charge in [0.1, 0.15) is 0 Å². The first-order chi connectivity index (χ1) is 13.6. The normalized spacial score (nSPS) is 22.2. The van der Waals surface area contributed by atoms with E-state index in [1.807, 2.05) is 12.1 Å². The zero-order chi connectivity index (χ0) is 19.5. The molecular weight excluding hydrogens is 394 g/mol. The van der Waals surface area contributed by atoms with Crippen molar-refractivity contribution in [1.29, 1.82) is 0 Å². The van der Waals surface area contributed by atoms with E-state index in [4.69, 9.17) is 16.3 Å². The number of halogens is 1. The SMILES string of the molecule is O=C(O)C1CCCN(CCOC2Cc3cc(Cl)ccc3Sc3ccccc32)C1. The Labute approximate surface area is 174 Å². The van der Waals surface area contributed by atoms with Crippen molar-refractivity contribution in [3.63, 3.8) is 0 Å². The van der Waals surface area contributed by atoms with Crippen molar-refractivity contribution >= 4 is 29.3 Å². The van der Waals surface area contributed by atoms with Gasteiger partial charge in [0.2, 0.25) is 0 Å². The Balaban J connectivity index is 1.45. The highest BCUT2D eigenvalue weighted by atomic mass is 35.5. The minimum absolute atomic E-state index is 0.0246. The monoisotopic (exact) mass is 417 g/mol. The maximum Gasteiger partial charge on any atom is 0.307 e. The molecule has 0 radical (unpaired) electrons. The highest BCUT2D eigenvalue weighted by molar-refractivity contribution is 7.99. The standard InChI is InChI=1S/C22H24ClNO3S/c23-17-7-8-20-16(12-17)13-19(18-5-1-2-6-21(18)28-20)27-11-10-24-9-3-4-15(14-24)22(25)26/h1-2,5-8,12,15,19H,3-4,9-11,13-14H2,(H,25,26). The number of piperidine rings is 1. The number of carboxylic acids is 1. The van der Waals surface area contributed by atoms with Gasteiger partial charge in [0.05, 0.1) is 18.6 Å². The summed E-state index contributed by atoms with van der Waals surface area (Å²) in [5.41, 5.74) is 2.42. The number of fused-ring (bicyclic) bond motifs is 2. The molecule has 0 bridgehead atoms. The smallest absolute Gasteiger partial charge is 0.307 e. The molecule has 1 N–H and O–H groups in total. The maximum atomic E-state index is 11.3. The lowest BCUT2D eigenvalue weighted by molar-refractivity contribution is -0.143. The lowest BCUT2D eigenvalue weighted by atomic mass is 9.98. The molecule has 2 aliphatic rings. The lowest BCUT2D eigenvalue weighted by Crippen LogP contribution is -2.40. The van der Waals surface area contributed by atoms with Crippen LogP contribution in [0.4, 0.5) is 0 Å². The minimum atomic E-state index is -0.686. The third-order valence-corrected chi connectivity index (χ3v) is 6.94. The van der Waals surface area contributed by atoms with Gasteiger partial charge in [-0.3, -0.25) is 4.79 Å². The first-order valence-electron chi connectivity index (χ1n) is 9.72. The van der Waals surface area contributed by atoms with Gasteiger partial charge < -0.3 is 14.7 Å². The van der Waals surface area contributed by atoms with E-state index in [1.165, 1.54) is 20.9 Å². The van der Waals surface area contributed by atoms with E-state index in [-0.39, 0.29) is 12.0 Å². The van der Waals surface area contributed by atoms with Crippen LogP contribution in [0, 0.1) is 5.92 Å². The van der Waals surface area contributed by atoms with Gasteiger partial charge in [-0.2, -0.15) is 0 Å². The highest BCUT2D eigenvalue weighted by Crippen LogP contribution is 2.42. The van der Waals surface area contributed by atoms with E-state index in [9.17, 15) is 9.90 Å². The number of carbonyl (C=O) groups is 1. The molecule has 4 rings (SSSR count). The predicted octanol–water partition coefficient (Wildman–Crippen LogP) is 4.90. The van der Waals surface area contributed by atoms with E-state index in [0.29, 0.717) is 13.2 Å². The van der Waals surface area contributed by atoms with E-state index >= 15 is 0 Å². The van der Waals surface area contributed by atoms with Gasteiger partial charge >= 0.3 is 5.97 Å². The zero-order valence-corrected chi connectivity index (χ0v) is 17.2. The summed E-state index contributed by atoms with van der Waals surface area (Å²) >= 11 is 8.00. The minimum Gasteiger partial charge on any atom is -0.481 e. The second-order valence-corrected chi connectivity index (χ2v) is 8.95. The largest absolute Gasteiger partial charge is 0.481 e. The maximum absolute atomic E-state index is 11.3. The molecule has 2 heterocycles. The van der Waals surface area contributed by atoms with Gasteiger partial charge in [0.15, 0.2) is 0 Å². The molecule has 0 saturated carbocycles. The summed E-state index contributed by atoms with van der Waals surface area (Å²) < 4.78 is 6.34. The summed E-state index contributed by atoms with van der Waals surface area (Å²) in [5.74, 6) is -0.938. The van der Waals surface area contributed by atoms with Gasteiger partial charge in [0.25, 0.3) is 0 Å². The molecule has 2 unspecified atom stereocenters. The summed E-state index contributed by atoms with van der Waals surface area (Å²) in [5, 5.41) is 10.0. The van der Waals surface area contributed by atoms with Crippen molar-refractivity contribution in [2.75, 3.05) is 26.2 Å². The van der Waals surface area contributed by atoms with Crippen molar-refractivity contribution in [3.8, 4) is 0 Å². The zero-order valence-electron chi connectivity index (χ0n) is 15.6. The second-order valence-electron chi connectivity index (χ2n) is 7.43. The van der Waals surface area contributed by atoms with Gasteiger partial charge in [-0.15, -0.1) is 0 Å². The molecule has 0 aliphatic carbocycles.